The van der Waals surface area contributed by atoms with Crippen LogP contribution in [-0.4, -0.2) is 35.2 Å². The summed E-state index contributed by atoms with van der Waals surface area (Å²) in [5.74, 6) is 0.893. The maximum atomic E-state index is 12.3. The lowest BCUT2D eigenvalue weighted by Gasteiger charge is -2.14. The lowest BCUT2D eigenvalue weighted by molar-refractivity contribution is 0.0735. The van der Waals surface area contributed by atoms with Crippen LogP contribution in [0, 0.1) is 6.92 Å². The molecule has 0 unspecified atom stereocenters. The Labute approximate surface area is 154 Å². The number of aryl methyl sites for hydroxylation is 1. The van der Waals surface area contributed by atoms with Gasteiger partial charge in [0.05, 0.1) is 5.56 Å². The zero-order valence-corrected chi connectivity index (χ0v) is 14.5. The van der Waals surface area contributed by atoms with E-state index in [2.05, 4.69) is 15.5 Å². The van der Waals surface area contributed by atoms with Crippen molar-refractivity contribution in [3.8, 4) is 17.1 Å². The predicted octanol–water partition coefficient (Wildman–Crippen LogP) is 2.79. The first-order chi connectivity index (χ1) is 13.1. The van der Waals surface area contributed by atoms with Gasteiger partial charge < -0.3 is 14.6 Å². The van der Waals surface area contributed by atoms with Crippen molar-refractivity contribution in [3.05, 3.63) is 60.0 Å². The van der Waals surface area contributed by atoms with E-state index in [4.69, 9.17) is 9.26 Å². The van der Waals surface area contributed by atoms with Gasteiger partial charge in [-0.2, -0.15) is 4.98 Å². The third-order valence-electron chi connectivity index (χ3n) is 4.12. The molecule has 0 bridgehead atoms. The van der Waals surface area contributed by atoms with Crippen LogP contribution in [-0.2, 0) is 0 Å². The molecule has 0 aliphatic carbocycles. The summed E-state index contributed by atoms with van der Waals surface area (Å²) < 4.78 is 10.3. The van der Waals surface area contributed by atoms with Crippen molar-refractivity contribution in [2.45, 2.75) is 6.92 Å². The molecule has 8 nitrogen and oxygen atoms in total. The number of nitrogens with zero attached hydrogens (tertiary/aromatic N) is 3. The number of hydrogen-bond donors (Lipinski definition) is 1. The van der Waals surface area contributed by atoms with E-state index < -0.39 is 5.97 Å². The van der Waals surface area contributed by atoms with Gasteiger partial charge in [-0.3, -0.25) is 4.90 Å². The van der Waals surface area contributed by atoms with Gasteiger partial charge in [-0.1, -0.05) is 5.16 Å². The highest BCUT2D eigenvalue weighted by Crippen LogP contribution is 2.22. The Morgan fingerprint density at radius 2 is 1.89 bits per heavy atom. The third-order valence-corrected chi connectivity index (χ3v) is 4.12. The molecule has 1 aromatic heterocycles. The zero-order chi connectivity index (χ0) is 18.8. The highest BCUT2D eigenvalue weighted by atomic mass is 16.5. The summed E-state index contributed by atoms with van der Waals surface area (Å²) in [6.45, 7) is 2.94. The predicted molar refractivity (Wildman–Crippen MR) is 96.6 cm³/mol. The molecule has 4 rings (SSSR count). The van der Waals surface area contributed by atoms with Crippen molar-refractivity contribution in [1.82, 2.24) is 15.5 Å². The number of esters is 1. The van der Waals surface area contributed by atoms with Crippen molar-refractivity contribution in [3.63, 3.8) is 0 Å². The Hall–Kier alpha value is -3.68. The van der Waals surface area contributed by atoms with E-state index in [0.29, 0.717) is 36.1 Å². The number of ether oxygens (including phenoxy) is 1. The molecule has 0 spiro atoms. The Morgan fingerprint density at radius 1 is 1.15 bits per heavy atom. The van der Waals surface area contributed by atoms with Crippen LogP contribution < -0.4 is 15.0 Å². The van der Waals surface area contributed by atoms with Gasteiger partial charge in [0.15, 0.2) is 0 Å². The largest absolute Gasteiger partial charge is 0.423 e. The Morgan fingerprint density at radius 3 is 2.48 bits per heavy atom. The summed E-state index contributed by atoms with van der Waals surface area (Å²) in [5, 5.41) is 6.58. The van der Waals surface area contributed by atoms with Gasteiger partial charge in [0.25, 0.3) is 0 Å². The summed E-state index contributed by atoms with van der Waals surface area (Å²) in [7, 11) is 0. The zero-order valence-electron chi connectivity index (χ0n) is 14.5. The molecule has 136 valence electrons. The Bertz CT molecular complexity index is 980. The quantitative estimate of drug-likeness (QED) is 0.565. The molecule has 0 radical (unpaired) electrons. The van der Waals surface area contributed by atoms with Gasteiger partial charge in [-0.05, 0) is 48.5 Å². The number of anilines is 1. The van der Waals surface area contributed by atoms with E-state index in [1.807, 2.05) is 0 Å². The maximum absolute atomic E-state index is 12.3. The summed E-state index contributed by atoms with van der Waals surface area (Å²) in [6.07, 6.45) is 0. The van der Waals surface area contributed by atoms with Crippen LogP contribution in [0.2, 0.25) is 0 Å². The first-order valence-electron chi connectivity index (χ1n) is 8.38. The SMILES string of the molecule is Cc1nc(-c2ccc(OC(=O)c3ccc(N4CCNC4=O)cc3)cc2)no1. The first kappa shape index (κ1) is 16.8. The van der Waals surface area contributed by atoms with E-state index in [-0.39, 0.29) is 6.03 Å². The fourth-order valence-electron chi connectivity index (χ4n) is 2.75. The monoisotopic (exact) mass is 364 g/mol. The molecule has 2 aromatic carbocycles. The van der Waals surface area contributed by atoms with Crippen LogP contribution in [0.5, 0.6) is 5.75 Å². The molecule has 1 N–H and O–H groups in total. The molecule has 2 amide bonds. The van der Waals surface area contributed by atoms with Crippen molar-refractivity contribution in [1.29, 1.82) is 0 Å². The minimum atomic E-state index is -0.476. The molecule has 0 saturated carbocycles. The Kier molecular flexibility index (Phi) is 4.29. The van der Waals surface area contributed by atoms with E-state index in [9.17, 15) is 9.59 Å². The average molecular weight is 364 g/mol. The molecule has 1 fully saturated rings. The number of nitrogens with one attached hydrogen (secondary N) is 1. The summed E-state index contributed by atoms with van der Waals surface area (Å²) in [6, 6.07) is 13.4. The number of benzene rings is 2. The molecule has 3 aromatic rings. The second-order valence-electron chi connectivity index (χ2n) is 5.98. The minimum absolute atomic E-state index is 0.137. The van der Waals surface area contributed by atoms with Crippen molar-refractivity contribution < 1.29 is 18.8 Å². The van der Waals surface area contributed by atoms with Crippen molar-refractivity contribution in [2.24, 2.45) is 0 Å². The normalized spacial score (nSPS) is 13.5. The number of hydrogen-bond acceptors (Lipinski definition) is 6. The summed E-state index contributed by atoms with van der Waals surface area (Å²) in [4.78, 5) is 29.8. The van der Waals surface area contributed by atoms with Gasteiger partial charge in [-0.15, -0.1) is 0 Å². The van der Waals surface area contributed by atoms with Crippen LogP contribution >= 0.6 is 0 Å². The van der Waals surface area contributed by atoms with Crippen LogP contribution in [0.3, 0.4) is 0 Å². The van der Waals surface area contributed by atoms with Gasteiger partial charge in [0.1, 0.15) is 5.75 Å². The number of urea groups is 1. The molecule has 8 heteroatoms. The number of carbonyl (C=O) groups is 2. The molecular weight excluding hydrogens is 348 g/mol. The van der Waals surface area contributed by atoms with Gasteiger partial charge in [0.2, 0.25) is 11.7 Å². The van der Waals surface area contributed by atoms with Gasteiger partial charge >= 0.3 is 12.0 Å². The molecule has 2 heterocycles. The van der Waals surface area contributed by atoms with Crippen LogP contribution in [0.4, 0.5) is 10.5 Å². The van der Waals surface area contributed by atoms with Crippen molar-refractivity contribution >= 4 is 17.7 Å². The van der Waals surface area contributed by atoms with Gasteiger partial charge in [-0.25, -0.2) is 9.59 Å². The Balaban J connectivity index is 1.43. The summed E-state index contributed by atoms with van der Waals surface area (Å²) >= 11 is 0. The molecule has 27 heavy (non-hydrogen) atoms. The van der Waals surface area contributed by atoms with E-state index in [1.54, 1.807) is 60.4 Å². The summed E-state index contributed by atoms with van der Waals surface area (Å²) in [5.41, 5.74) is 1.90. The molecule has 1 aliphatic heterocycles. The minimum Gasteiger partial charge on any atom is -0.423 e. The second-order valence-corrected chi connectivity index (χ2v) is 5.98. The third kappa shape index (κ3) is 3.50. The highest BCUT2D eigenvalue weighted by Gasteiger charge is 2.21. The second kappa shape index (κ2) is 6.91. The number of amides is 2. The average Bonchev–Trinajstić information content (AvgIpc) is 3.31. The number of carbonyl (C=O) groups excluding carboxylic acids is 2. The molecule has 1 aliphatic rings. The van der Waals surface area contributed by atoms with Crippen LogP contribution in [0.25, 0.3) is 11.4 Å². The van der Waals surface area contributed by atoms with E-state index in [1.165, 1.54) is 0 Å². The van der Waals surface area contributed by atoms with E-state index in [0.717, 1.165) is 11.3 Å². The smallest absolute Gasteiger partial charge is 0.343 e. The van der Waals surface area contributed by atoms with Crippen LogP contribution in [0.15, 0.2) is 53.1 Å². The highest BCUT2D eigenvalue weighted by molar-refractivity contribution is 5.95. The molecule has 0 atom stereocenters. The first-order valence-corrected chi connectivity index (χ1v) is 8.38. The number of aromatic nitrogens is 2. The van der Waals surface area contributed by atoms with Gasteiger partial charge in [0, 0.05) is 31.3 Å². The fraction of sp³-hybridized carbons (Fsp3) is 0.158. The van der Waals surface area contributed by atoms with Crippen molar-refractivity contribution in [2.75, 3.05) is 18.0 Å². The lowest BCUT2D eigenvalue weighted by Crippen LogP contribution is -2.27. The fourth-order valence-corrected chi connectivity index (χ4v) is 2.75. The topological polar surface area (TPSA) is 97.6 Å². The van der Waals surface area contributed by atoms with Crippen LogP contribution in [0.1, 0.15) is 16.2 Å². The number of rotatable bonds is 4. The lowest BCUT2D eigenvalue weighted by atomic mass is 10.2. The molecular formula is C19H16N4O4. The van der Waals surface area contributed by atoms with E-state index >= 15 is 0 Å². The standard InChI is InChI=1S/C19H16N4O4/c1-12-21-17(22-27-12)13-4-8-16(9-5-13)26-18(24)14-2-6-15(7-3-14)23-11-10-20-19(23)25/h2-9H,10-11H2,1H3,(H,20,25). The molecule has 1 saturated heterocycles. The maximum Gasteiger partial charge on any atom is 0.343 e.